The number of rotatable bonds is 5. The van der Waals surface area contributed by atoms with Crippen molar-refractivity contribution in [2.45, 2.75) is 38.7 Å². The van der Waals surface area contributed by atoms with Crippen LogP contribution in [0.5, 0.6) is 0 Å². The van der Waals surface area contributed by atoms with Crippen LogP contribution in [0.2, 0.25) is 0 Å². The summed E-state index contributed by atoms with van der Waals surface area (Å²) in [5, 5.41) is 0. The van der Waals surface area contributed by atoms with E-state index in [0.717, 1.165) is 19.3 Å². The molecule has 3 unspecified atom stereocenters. The summed E-state index contributed by atoms with van der Waals surface area (Å²) in [6.45, 7) is 2.88. The van der Waals surface area contributed by atoms with Crippen molar-refractivity contribution in [2.75, 3.05) is 20.3 Å². The van der Waals surface area contributed by atoms with Crippen molar-refractivity contribution in [1.29, 1.82) is 0 Å². The van der Waals surface area contributed by atoms with Crippen molar-refractivity contribution in [3.8, 4) is 0 Å². The summed E-state index contributed by atoms with van der Waals surface area (Å²) in [6, 6.07) is 0. The molecule has 0 aromatic heterocycles. The third-order valence-electron chi connectivity index (χ3n) is 3.23. The van der Waals surface area contributed by atoms with Gasteiger partial charge in [0.05, 0.1) is 12.5 Å². The van der Waals surface area contributed by atoms with Crippen molar-refractivity contribution in [3.05, 3.63) is 0 Å². The Kier molecular flexibility index (Phi) is 5.77. The molecule has 1 aliphatic rings. The fourth-order valence-corrected chi connectivity index (χ4v) is 2.35. The first-order valence-electron chi connectivity index (χ1n) is 6.08. The van der Waals surface area contributed by atoms with Gasteiger partial charge in [-0.2, -0.15) is 0 Å². The first-order chi connectivity index (χ1) is 7.69. The molecular weight excluding hydrogens is 206 g/mol. The van der Waals surface area contributed by atoms with Crippen LogP contribution in [0.1, 0.15) is 32.6 Å². The van der Waals surface area contributed by atoms with Gasteiger partial charge in [0.25, 0.3) is 0 Å². The van der Waals surface area contributed by atoms with Crippen LogP contribution in [0.4, 0.5) is 0 Å². The molecule has 2 N–H and O–H groups in total. The molecule has 1 aliphatic carbocycles. The Hall–Kier alpha value is -0.610. The number of carbonyl (C=O) groups excluding carboxylic acids is 1. The van der Waals surface area contributed by atoms with Crippen molar-refractivity contribution in [3.63, 3.8) is 0 Å². The number of nitrogens with two attached hydrogens (primary N) is 1. The molecule has 1 rings (SSSR count). The van der Waals surface area contributed by atoms with Crippen LogP contribution in [0, 0.1) is 11.8 Å². The molecule has 1 fully saturated rings. The Bertz CT molecular complexity index is 220. The van der Waals surface area contributed by atoms with Crippen LogP contribution in [-0.2, 0) is 14.3 Å². The molecule has 0 heterocycles. The van der Waals surface area contributed by atoms with Gasteiger partial charge in [-0.25, -0.2) is 0 Å². The van der Waals surface area contributed by atoms with Crippen molar-refractivity contribution in [2.24, 2.45) is 17.6 Å². The zero-order valence-electron chi connectivity index (χ0n) is 10.3. The molecule has 0 amide bonds. The van der Waals surface area contributed by atoms with E-state index in [0.29, 0.717) is 19.1 Å². The highest BCUT2D eigenvalue weighted by molar-refractivity contribution is 5.73. The number of esters is 1. The topological polar surface area (TPSA) is 61.5 Å². The minimum atomic E-state index is -0.169. The summed E-state index contributed by atoms with van der Waals surface area (Å²) < 4.78 is 10.3. The fourth-order valence-electron chi connectivity index (χ4n) is 2.35. The van der Waals surface area contributed by atoms with E-state index in [2.05, 4.69) is 0 Å². The van der Waals surface area contributed by atoms with Gasteiger partial charge in [-0.15, -0.1) is 0 Å². The molecule has 0 spiro atoms. The average Bonchev–Trinajstić information content (AvgIpc) is 2.29. The molecule has 0 radical (unpaired) electrons. The van der Waals surface area contributed by atoms with Crippen molar-refractivity contribution >= 4 is 5.97 Å². The van der Waals surface area contributed by atoms with Gasteiger partial charge in [0.15, 0.2) is 0 Å². The molecular formula is C12H23NO3. The largest absolute Gasteiger partial charge is 0.460 e. The van der Waals surface area contributed by atoms with Gasteiger partial charge >= 0.3 is 5.97 Å². The monoisotopic (exact) mass is 229 g/mol. The van der Waals surface area contributed by atoms with Gasteiger partial charge < -0.3 is 15.2 Å². The second-order valence-corrected chi connectivity index (χ2v) is 4.59. The lowest BCUT2D eigenvalue weighted by Crippen LogP contribution is -2.35. The highest BCUT2D eigenvalue weighted by Crippen LogP contribution is 2.30. The predicted molar refractivity (Wildman–Crippen MR) is 61.9 cm³/mol. The second kappa shape index (κ2) is 6.86. The minimum absolute atomic E-state index is 0.00180. The molecule has 94 valence electrons. The maximum Gasteiger partial charge on any atom is 0.309 e. The maximum absolute atomic E-state index is 11.9. The summed E-state index contributed by atoms with van der Waals surface area (Å²) in [6.07, 6.45) is 4.08. The third kappa shape index (κ3) is 3.76. The fraction of sp³-hybridized carbons (Fsp3) is 0.917. The lowest BCUT2D eigenvalue weighted by atomic mass is 9.79. The highest BCUT2D eigenvalue weighted by atomic mass is 16.6. The van der Waals surface area contributed by atoms with Crippen LogP contribution in [-0.4, -0.2) is 32.3 Å². The van der Waals surface area contributed by atoms with Crippen LogP contribution < -0.4 is 5.73 Å². The van der Waals surface area contributed by atoms with Crippen molar-refractivity contribution < 1.29 is 14.3 Å². The quantitative estimate of drug-likeness (QED) is 0.722. The predicted octanol–water partition coefficient (Wildman–Crippen LogP) is 1.33. The van der Waals surface area contributed by atoms with E-state index in [9.17, 15) is 4.79 Å². The SMILES string of the molecule is COCC(C)OC(=O)C1CCCCC1CN. The molecule has 4 nitrogen and oxygen atoms in total. The van der Waals surface area contributed by atoms with E-state index in [1.165, 1.54) is 6.42 Å². The number of methoxy groups -OCH3 is 1. The Labute approximate surface area is 97.5 Å². The molecule has 0 bridgehead atoms. The van der Waals surface area contributed by atoms with Gasteiger partial charge in [0.1, 0.15) is 6.10 Å². The minimum Gasteiger partial charge on any atom is -0.460 e. The third-order valence-corrected chi connectivity index (χ3v) is 3.23. The van der Waals surface area contributed by atoms with Gasteiger partial charge in [-0.05, 0) is 32.2 Å². The lowest BCUT2D eigenvalue weighted by molar-refractivity contribution is -0.158. The number of hydrogen-bond acceptors (Lipinski definition) is 4. The molecule has 0 aliphatic heterocycles. The molecule has 0 saturated heterocycles. The van der Waals surface area contributed by atoms with Crippen LogP contribution in [0.3, 0.4) is 0 Å². The van der Waals surface area contributed by atoms with Gasteiger partial charge in [-0.1, -0.05) is 12.8 Å². The van der Waals surface area contributed by atoms with E-state index >= 15 is 0 Å². The molecule has 1 saturated carbocycles. The Morgan fingerprint density at radius 3 is 2.75 bits per heavy atom. The van der Waals surface area contributed by atoms with Gasteiger partial charge in [-0.3, -0.25) is 4.79 Å². The first kappa shape index (κ1) is 13.5. The summed E-state index contributed by atoms with van der Waals surface area (Å²) in [4.78, 5) is 11.9. The summed E-state index contributed by atoms with van der Waals surface area (Å²) >= 11 is 0. The Morgan fingerprint density at radius 2 is 2.12 bits per heavy atom. The maximum atomic E-state index is 11.9. The highest BCUT2D eigenvalue weighted by Gasteiger charge is 2.31. The molecule has 0 aromatic carbocycles. The normalized spacial score (nSPS) is 27.4. The second-order valence-electron chi connectivity index (χ2n) is 4.59. The summed E-state index contributed by atoms with van der Waals surface area (Å²) in [5.41, 5.74) is 5.69. The van der Waals surface area contributed by atoms with E-state index < -0.39 is 0 Å². The lowest BCUT2D eigenvalue weighted by Gasteiger charge is -2.29. The average molecular weight is 229 g/mol. The smallest absolute Gasteiger partial charge is 0.309 e. The number of carbonyl (C=O) groups is 1. The van der Waals surface area contributed by atoms with Gasteiger partial charge in [0, 0.05) is 7.11 Å². The van der Waals surface area contributed by atoms with Crippen LogP contribution >= 0.6 is 0 Å². The zero-order valence-corrected chi connectivity index (χ0v) is 10.3. The van der Waals surface area contributed by atoms with E-state index in [4.69, 9.17) is 15.2 Å². The molecule has 0 aromatic rings. The van der Waals surface area contributed by atoms with Gasteiger partial charge in [0.2, 0.25) is 0 Å². The number of ether oxygens (including phenoxy) is 2. The molecule has 16 heavy (non-hydrogen) atoms. The van der Waals surface area contributed by atoms with Crippen LogP contribution in [0.25, 0.3) is 0 Å². The zero-order chi connectivity index (χ0) is 12.0. The Balaban J connectivity index is 2.44. The Morgan fingerprint density at radius 1 is 1.44 bits per heavy atom. The molecule has 4 heteroatoms. The van der Waals surface area contributed by atoms with Crippen molar-refractivity contribution in [1.82, 2.24) is 0 Å². The van der Waals surface area contributed by atoms with E-state index in [1.54, 1.807) is 7.11 Å². The summed E-state index contributed by atoms with van der Waals surface area (Å²) in [7, 11) is 1.60. The van der Waals surface area contributed by atoms with E-state index in [1.807, 2.05) is 6.92 Å². The number of hydrogen-bond donors (Lipinski definition) is 1. The molecule has 3 atom stereocenters. The van der Waals surface area contributed by atoms with Crippen LogP contribution in [0.15, 0.2) is 0 Å². The first-order valence-corrected chi connectivity index (χ1v) is 6.08. The summed E-state index contributed by atoms with van der Waals surface area (Å²) in [5.74, 6) is 0.203. The standard InChI is InChI=1S/C12H23NO3/c1-9(8-15-2)16-12(14)11-6-4-3-5-10(11)7-13/h9-11H,3-8,13H2,1-2H3. The van der Waals surface area contributed by atoms with E-state index in [-0.39, 0.29) is 18.0 Å².